The Labute approximate surface area is 112 Å². The summed E-state index contributed by atoms with van der Waals surface area (Å²) in [6.45, 7) is 2.62. The normalized spacial score (nSPS) is 10.4. The highest BCUT2D eigenvalue weighted by Gasteiger charge is 2.02. The Balaban J connectivity index is 2.53. The van der Waals surface area contributed by atoms with E-state index >= 15 is 0 Å². The molecule has 1 aromatic carbocycles. The number of carbonyl (C=O) groups excluding carboxylic acids is 1. The van der Waals surface area contributed by atoms with Crippen LogP contribution in [0.1, 0.15) is 6.92 Å². The first kappa shape index (κ1) is 14.4. The smallest absolute Gasteiger partial charge is 0.330 e. The van der Waals surface area contributed by atoms with Crippen LogP contribution in [0.5, 0.6) is 5.75 Å². The van der Waals surface area contributed by atoms with E-state index in [0.29, 0.717) is 23.9 Å². The molecule has 1 N–H and O–H groups in total. The van der Waals surface area contributed by atoms with E-state index < -0.39 is 0 Å². The summed E-state index contributed by atoms with van der Waals surface area (Å²) in [7, 11) is 1.59. The van der Waals surface area contributed by atoms with Crippen molar-refractivity contribution in [2.75, 3.05) is 25.6 Å². The third-order valence-electron chi connectivity index (χ3n) is 2.11. The van der Waals surface area contributed by atoms with Crippen LogP contribution in [0.3, 0.4) is 0 Å². The highest BCUT2D eigenvalue weighted by Crippen LogP contribution is 2.27. The van der Waals surface area contributed by atoms with Gasteiger partial charge in [-0.15, -0.1) is 0 Å². The Hall–Kier alpha value is -1.68. The fourth-order valence-electron chi connectivity index (χ4n) is 1.33. The van der Waals surface area contributed by atoms with Gasteiger partial charge in [0.15, 0.2) is 0 Å². The van der Waals surface area contributed by atoms with Crippen LogP contribution >= 0.6 is 11.6 Å². The summed E-state index contributed by atoms with van der Waals surface area (Å²) in [5.74, 6) is 0.348. The lowest BCUT2D eigenvalue weighted by Crippen LogP contribution is -2.03. The number of benzene rings is 1. The number of esters is 1. The van der Waals surface area contributed by atoms with Crippen LogP contribution in [-0.4, -0.2) is 26.2 Å². The molecular weight excluding hydrogens is 254 g/mol. The molecule has 4 nitrogen and oxygen atoms in total. The van der Waals surface area contributed by atoms with Crippen LogP contribution in [0, 0.1) is 0 Å². The van der Waals surface area contributed by atoms with Gasteiger partial charge < -0.3 is 14.8 Å². The number of halogens is 1. The maximum Gasteiger partial charge on any atom is 0.330 e. The maximum absolute atomic E-state index is 11.0. The van der Waals surface area contributed by atoms with Crippen molar-refractivity contribution in [3.8, 4) is 5.75 Å². The number of nitrogens with one attached hydrogen (secondary N) is 1. The second kappa shape index (κ2) is 7.61. The first-order valence-electron chi connectivity index (χ1n) is 5.58. The van der Waals surface area contributed by atoms with Crippen LogP contribution in [0.4, 0.5) is 5.69 Å². The summed E-state index contributed by atoms with van der Waals surface area (Å²) in [5, 5.41) is 3.72. The molecule has 98 valence electrons. The molecule has 0 saturated heterocycles. The monoisotopic (exact) mass is 269 g/mol. The van der Waals surface area contributed by atoms with E-state index in [4.69, 9.17) is 21.1 Å². The quantitative estimate of drug-likeness (QED) is 0.637. The predicted molar refractivity (Wildman–Crippen MR) is 72.3 cm³/mol. The molecule has 0 aliphatic rings. The molecule has 0 amide bonds. The summed E-state index contributed by atoms with van der Waals surface area (Å²) >= 11 is 5.89. The SMILES string of the molecule is CCOC(=O)/C=C/CNc1cc(Cl)ccc1OC. The van der Waals surface area contributed by atoms with Crippen molar-refractivity contribution < 1.29 is 14.3 Å². The van der Waals surface area contributed by atoms with E-state index in [1.807, 2.05) is 0 Å². The zero-order valence-electron chi connectivity index (χ0n) is 10.4. The molecule has 18 heavy (non-hydrogen) atoms. The Morgan fingerprint density at radius 3 is 2.94 bits per heavy atom. The van der Waals surface area contributed by atoms with Gasteiger partial charge in [-0.1, -0.05) is 17.7 Å². The van der Waals surface area contributed by atoms with Crippen LogP contribution in [0.25, 0.3) is 0 Å². The van der Waals surface area contributed by atoms with Crippen LogP contribution in [-0.2, 0) is 9.53 Å². The van der Waals surface area contributed by atoms with Gasteiger partial charge >= 0.3 is 5.97 Å². The topological polar surface area (TPSA) is 47.6 Å². The molecule has 0 heterocycles. The van der Waals surface area contributed by atoms with Gasteiger partial charge in [0.05, 0.1) is 19.4 Å². The van der Waals surface area contributed by atoms with E-state index in [1.54, 1.807) is 38.3 Å². The molecule has 1 aromatic rings. The molecule has 0 bridgehead atoms. The average molecular weight is 270 g/mol. The maximum atomic E-state index is 11.0. The highest BCUT2D eigenvalue weighted by atomic mass is 35.5. The Kier molecular flexibility index (Phi) is 6.08. The van der Waals surface area contributed by atoms with E-state index in [0.717, 1.165) is 5.69 Å². The Morgan fingerprint density at radius 1 is 1.50 bits per heavy atom. The molecule has 1 rings (SSSR count). The van der Waals surface area contributed by atoms with Crippen molar-refractivity contribution in [3.63, 3.8) is 0 Å². The lowest BCUT2D eigenvalue weighted by atomic mass is 10.3. The number of ether oxygens (including phenoxy) is 2. The third kappa shape index (κ3) is 4.67. The van der Waals surface area contributed by atoms with Crippen molar-refractivity contribution in [1.82, 2.24) is 0 Å². The standard InChI is InChI=1S/C13H16ClNO3/c1-3-18-13(16)5-4-8-15-11-9-10(14)6-7-12(11)17-2/h4-7,9,15H,3,8H2,1-2H3/b5-4+. The summed E-state index contributed by atoms with van der Waals surface area (Å²) in [6, 6.07) is 5.29. The van der Waals surface area contributed by atoms with Gasteiger partial charge in [-0.25, -0.2) is 4.79 Å². The van der Waals surface area contributed by atoms with Crippen molar-refractivity contribution in [1.29, 1.82) is 0 Å². The molecule has 0 atom stereocenters. The molecule has 0 unspecified atom stereocenters. The Bertz CT molecular complexity index is 432. The van der Waals surface area contributed by atoms with Crippen molar-refractivity contribution >= 4 is 23.3 Å². The van der Waals surface area contributed by atoms with Crippen molar-refractivity contribution in [2.45, 2.75) is 6.92 Å². The molecule has 0 spiro atoms. The van der Waals surface area contributed by atoms with Crippen LogP contribution in [0.15, 0.2) is 30.4 Å². The predicted octanol–water partition coefficient (Wildman–Crippen LogP) is 2.88. The van der Waals surface area contributed by atoms with Crippen LogP contribution in [0.2, 0.25) is 5.02 Å². The number of carbonyl (C=O) groups is 1. The number of rotatable bonds is 6. The molecule has 0 aliphatic heterocycles. The lowest BCUT2D eigenvalue weighted by molar-refractivity contribution is -0.137. The third-order valence-corrected chi connectivity index (χ3v) is 2.35. The fourth-order valence-corrected chi connectivity index (χ4v) is 1.50. The summed E-state index contributed by atoms with van der Waals surface area (Å²) in [4.78, 5) is 11.0. The van der Waals surface area contributed by atoms with Gasteiger partial charge in [0.25, 0.3) is 0 Å². The molecule has 0 radical (unpaired) electrons. The first-order chi connectivity index (χ1) is 8.67. The number of methoxy groups -OCH3 is 1. The van der Waals surface area contributed by atoms with Crippen LogP contribution < -0.4 is 10.1 Å². The lowest BCUT2D eigenvalue weighted by Gasteiger charge is -2.09. The minimum atomic E-state index is -0.350. The Morgan fingerprint density at radius 2 is 2.28 bits per heavy atom. The molecule has 0 fully saturated rings. The minimum Gasteiger partial charge on any atom is -0.495 e. The van der Waals surface area contributed by atoms with Crippen molar-refractivity contribution in [3.05, 3.63) is 35.4 Å². The van der Waals surface area contributed by atoms with Gasteiger partial charge in [0.2, 0.25) is 0 Å². The summed E-state index contributed by atoms with van der Waals surface area (Å²) in [6.07, 6.45) is 3.06. The average Bonchev–Trinajstić information content (AvgIpc) is 2.35. The largest absolute Gasteiger partial charge is 0.495 e. The molecular formula is C13H16ClNO3. The van der Waals surface area contributed by atoms with Crippen molar-refractivity contribution in [2.24, 2.45) is 0 Å². The number of hydrogen-bond acceptors (Lipinski definition) is 4. The van der Waals surface area contributed by atoms with E-state index in [2.05, 4.69) is 5.32 Å². The van der Waals surface area contributed by atoms with E-state index in [-0.39, 0.29) is 5.97 Å². The first-order valence-corrected chi connectivity index (χ1v) is 5.96. The van der Waals surface area contributed by atoms with Gasteiger partial charge in [0, 0.05) is 17.6 Å². The highest BCUT2D eigenvalue weighted by molar-refractivity contribution is 6.30. The zero-order chi connectivity index (χ0) is 13.4. The summed E-state index contributed by atoms with van der Waals surface area (Å²) in [5.41, 5.74) is 0.776. The second-order valence-electron chi connectivity index (χ2n) is 3.38. The van der Waals surface area contributed by atoms with Gasteiger partial charge in [0.1, 0.15) is 5.75 Å². The van der Waals surface area contributed by atoms with E-state index in [1.165, 1.54) is 6.08 Å². The number of anilines is 1. The molecule has 0 saturated carbocycles. The number of hydrogen-bond donors (Lipinski definition) is 1. The molecule has 0 aliphatic carbocycles. The van der Waals surface area contributed by atoms with Gasteiger partial charge in [-0.05, 0) is 25.1 Å². The summed E-state index contributed by atoms with van der Waals surface area (Å²) < 4.78 is 9.94. The molecule has 0 aromatic heterocycles. The van der Waals surface area contributed by atoms with Gasteiger partial charge in [-0.3, -0.25) is 0 Å². The van der Waals surface area contributed by atoms with Gasteiger partial charge in [-0.2, -0.15) is 0 Å². The zero-order valence-corrected chi connectivity index (χ0v) is 11.2. The molecule has 5 heteroatoms. The fraction of sp³-hybridized carbons (Fsp3) is 0.308. The second-order valence-corrected chi connectivity index (χ2v) is 3.82. The van der Waals surface area contributed by atoms with E-state index in [9.17, 15) is 4.79 Å². The minimum absolute atomic E-state index is 0.350.